The third-order valence-electron chi connectivity index (χ3n) is 4.42. The van der Waals surface area contributed by atoms with Crippen LogP contribution in [-0.4, -0.2) is 4.98 Å². The van der Waals surface area contributed by atoms with Crippen molar-refractivity contribution in [1.29, 1.82) is 0 Å². The number of pyridine rings is 1. The molecule has 2 nitrogen and oxygen atoms in total. The second kappa shape index (κ2) is 5.54. The molecule has 0 radical (unpaired) electrons. The van der Waals surface area contributed by atoms with Gasteiger partial charge in [-0.05, 0) is 18.1 Å². The van der Waals surface area contributed by atoms with Crippen LogP contribution in [0.3, 0.4) is 0 Å². The average molecular weight is 301 g/mol. The predicted octanol–water partition coefficient (Wildman–Crippen LogP) is 5.64. The molecule has 0 fully saturated rings. The van der Waals surface area contributed by atoms with Gasteiger partial charge in [0.2, 0.25) is 5.88 Å². The summed E-state index contributed by atoms with van der Waals surface area (Å²) in [7, 11) is 0. The number of hydrogen-bond donors (Lipinski definition) is 0. The molecule has 2 heterocycles. The van der Waals surface area contributed by atoms with E-state index in [9.17, 15) is 0 Å². The Hall–Kier alpha value is -2.61. The zero-order valence-electron chi connectivity index (χ0n) is 13.4. The van der Waals surface area contributed by atoms with E-state index in [2.05, 4.69) is 50.2 Å². The van der Waals surface area contributed by atoms with E-state index in [4.69, 9.17) is 9.72 Å². The minimum absolute atomic E-state index is 0.326. The van der Waals surface area contributed by atoms with Crippen LogP contribution in [0.5, 0.6) is 11.6 Å². The first-order valence-corrected chi connectivity index (χ1v) is 8.07. The van der Waals surface area contributed by atoms with Gasteiger partial charge in [-0.25, -0.2) is 4.98 Å². The van der Waals surface area contributed by atoms with Crippen molar-refractivity contribution in [2.45, 2.75) is 19.8 Å². The van der Waals surface area contributed by atoms with Gasteiger partial charge in [0, 0.05) is 22.6 Å². The van der Waals surface area contributed by atoms with Crippen molar-refractivity contribution in [1.82, 2.24) is 4.98 Å². The molecule has 2 aromatic carbocycles. The Balaban J connectivity index is 1.84. The molecule has 1 atom stereocenters. The largest absolute Gasteiger partial charge is 0.438 e. The van der Waals surface area contributed by atoms with Crippen molar-refractivity contribution >= 4 is 0 Å². The molecule has 1 unspecified atom stereocenters. The maximum absolute atomic E-state index is 6.11. The van der Waals surface area contributed by atoms with Gasteiger partial charge in [0.25, 0.3) is 0 Å². The van der Waals surface area contributed by atoms with Crippen molar-refractivity contribution < 1.29 is 4.74 Å². The molecule has 114 valence electrons. The van der Waals surface area contributed by atoms with Crippen LogP contribution in [0.4, 0.5) is 0 Å². The van der Waals surface area contributed by atoms with E-state index in [1.807, 2.05) is 30.3 Å². The summed E-state index contributed by atoms with van der Waals surface area (Å²) in [4.78, 5) is 4.79. The highest BCUT2D eigenvalue weighted by Crippen LogP contribution is 2.46. The molecule has 0 amide bonds. The number of fused-ring (bicyclic) bond motifs is 2. The quantitative estimate of drug-likeness (QED) is 0.611. The molecule has 3 aromatic rings. The van der Waals surface area contributed by atoms with Gasteiger partial charge in [-0.3, -0.25) is 0 Å². The summed E-state index contributed by atoms with van der Waals surface area (Å²) in [5.41, 5.74) is 4.49. The highest BCUT2D eigenvalue weighted by molar-refractivity contribution is 5.62. The van der Waals surface area contributed by atoms with Crippen molar-refractivity contribution in [2.24, 2.45) is 5.92 Å². The lowest BCUT2D eigenvalue weighted by atomic mass is 9.81. The number of para-hydroxylation sites is 1. The van der Waals surface area contributed by atoms with Gasteiger partial charge < -0.3 is 4.74 Å². The maximum Gasteiger partial charge on any atom is 0.223 e. The summed E-state index contributed by atoms with van der Waals surface area (Å²) in [6.07, 6.45) is 0. The molecule has 1 aliphatic heterocycles. The number of ether oxygens (including phenoxy) is 1. The van der Waals surface area contributed by atoms with Gasteiger partial charge in [-0.15, -0.1) is 0 Å². The van der Waals surface area contributed by atoms with E-state index in [0.29, 0.717) is 11.8 Å². The van der Waals surface area contributed by atoms with Gasteiger partial charge in [0.05, 0.1) is 5.69 Å². The fourth-order valence-electron chi connectivity index (χ4n) is 3.36. The normalized spacial score (nSPS) is 15.7. The molecule has 0 aliphatic carbocycles. The monoisotopic (exact) mass is 301 g/mol. The molecule has 23 heavy (non-hydrogen) atoms. The third kappa shape index (κ3) is 2.40. The first-order chi connectivity index (χ1) is 11.2. The van der Waals surface area contributed by atoms with Crippen LogP contribution in [0.25, 0.3) is 11.3 Å². The number of benzene rings is 2. The highest BCUT2D eigenvalue weighted by atomic mass is 16.5. The fourth-order valence-corrected chi connectivity index (χ4v) is 3.36. The molecule has 0 bridgehead atoms. The minimum atomic E-state index is 0.326. The van der Waals surface area contributed by atoms with Gasteiger partial charge >= 0.3 is 0 Å². The summed E-state index contributed by atoms with van der Waals surface area (Å²) in [6, 6.07) is 22.8. The molecule has 0 saturated heterocycles. The second-order valence-electron chi connectivity index (χ2n) is 6.32. The van der Waals surface area contributed by atoms with Crippen LogP contribution in [-0.2, 0) is 0 Å². The highest BCUT2D eigenvalue weighted by Gasteiger charge is 2.30. The molecular formula is C21H19NO. The number of rotatable bonds is 2. The van der Waals surface area contributed by atoms with E-state index in [0.717, 1.165) is 22.9 Å². The van der Waals surface area contributed by atoms with Gasteiger partial charge in [-0.2, -0.15) is 0 Å². The van der Waals surface area contributed by atoms with Crippen LogP contribution >= 0.6 is 0 Å². The van der Waals surface area contributed by atoms with Crippen LogP contribution in [0.1, 0.15) is 30.9 Å². The van der Waals surface area contributed by atoms with Crippen LogP contribution in [0, 0.1) is 5.92 Å². The zero-order valence-corrected chi connectivity index (χ0v) is 13.4. The van der Waals surface area contributed by atoms with Gasteiger partial charge in [0.15, 0.2) is 0 Å². The Morgan fingerprint density at radius 3 is 2.35 bits per heavy atom. The molecule has 0 spiro atoms. The Bertz CT molecular complexity index is 839. The lowest BCUT2D eigenvalue weighted by molar-refractivity contribution is 0.405. The van der Waals surface area contributed by atoms with Crippen molar-refractivity contribution in [3.8, 4) is 22.9 Å². The molecule has 0 N–H and O–H groups in total. The lowest BCUT2D eigenvalue weighted by Gasteiger charge is -2.30. The van der Waals surface area contributed by atoms with E-state index in [1.165, 1.54) is 11.1 Å². The summed E-state index contributed by atoms with van der Waals surface area (Å²) >= 11 is 0. The Kier molecular flexibility index (Phi) is 3.38. The number of nitrogens with zero attached hydrogens (tertiary/aromatic N) is 1. The third-order valence-corrected chi connectivity index (χ3v) is 4.42. The Morgan fingerprint density at radius 1 is 0.826 bits per heavy atom. The number of hydrogen-bond acceptors (Lipinski definition) is 2. The van der Waals surface area contributed by atoms with Crippen molar-refractivity contribution in [2.75, 3.05) is 0 Å². The smallest absolute Gasteiger partial charge is 0.223 e. The second-order valence-corrected chi connectivity index (χ2v) is 6.32. The first-order valence-electron chi connectivity index (χ1n) is 8.07. The molecule has 2 heteroatoms. The standard InChI is InChI=1S/C21H19NO/c1-14(2)20-16-10-6-7-11-19(16)23-21-17(20)12-13-18(22-21)15-8-4-3-5-9-15/h3-14,20H,1-2H3. The van der Waals surface area contributed by atoms with Gasteiger partial charge in [0.1, 0.15) is 5.75 Å². The van der Waals surface area contributed by atoms with E-state index >= 15 is 0 Å². The summed E-state index contributed by atoms with van der Waals surface area (Å²) in [5.74, 6) is 2.48. The summed E-state index contributed by atoms with van der Waals surface area (Å²) in [6.45, 7) is 4.50. The van der Waals surface area contributed by atoms with E-state index in [1.54, 1.807) is 0 Å². The minimum Gasteiger partial charge on any atom is -0.438 e. The van der Waals surface area contributed by atoms with Gasteiger partial charge in [-0.1, -0.05) is 68.4 Å². The lowest BCUT2D eigenvalue weighted by Crippen LogP contribution is -2.16. The van der Waals surface area contributed by atoms with Crippen LogP contribution in [0.2, 0.25) is 0 Å². The van der Waals surface area contributed by atoms with Crippen LogP contribution in [0.15, 0.2) is 66.7 Å². The van der Waals surface area contributed by atoms with E-state index < -0.39 is 0 Å². The molecular weight excluding hydrogens is 282 g/mol. The average Bonchev–Trinajstić information content (AvgIpc) is 2.59. The fraction of sp³-hybridized carbons (Fsp3) is 0.190. The van der Waals surface area contributed by atoms with Crippen molar-refractivity contribution in [3.63, 3.8) is 0 Å². The topological polar surface area (TPSA) is 22.1 Å². The summed E-state index contributed by atoms with van der Waals surface area (Å²) < 4.78 is 6.11. The van der Waals surface area contributed by atoms with Crippen molar-refractivity contribution in [3.05, 3.63) is 77.9 Å². The summed E-state index contributed by atoms with van der Waals surface area (Å²) in [5, 5.41) is 0. The SMILES string of the molecule is CC(C)C1c2ccccc2Oc2nc(-c3ccccc3)ccc21. The molecule has 0 saturated carbocycles. The molecule has 1 aromatic heterocycles. The Labute approximate surface area is 136 Å². The first kappa shape index (κ1) is 14.0. The zero-order chi connectivity index (χ0) is 15.8. The number of aromatic nitrogens is 1. The molecule has 1 aliphatic rings. The Morgan fingerprint density at radius 2 is 1.57 bits per heavy atom. The van der Waals surface area contributed by atoms with Crippen LogP contribution < -0.4 is 4.74 Å². The molecule has 4 rings (SSSR count). The van der Waals surface area contributed by atoms with E-state index in [-0.39, 0.29) is 0 Å². The predicted molar refractivity (Wildman–Crippen MR) is 92.9 cm³/mol. The maximum atomic E-state index is 6.11.